The van der Waals surface area contributed by atoms with E-state index in [1.165, 1.54) is 0 Å². The van der Waals surface area contributed by atoms with Crippen molar-refractivity contribution < 1.29 is 4.79 Å². The van der Waals surface area contributed by atoms with Crippen molar-refractivity contribution in [2.75, 3.05) is 13.6 Å². The highest BCUT2D eigenvalue weighted by Crippen LogP contribution is 2.26. The standard InChI is InChI=1S/C15H21N5O/c1-11(13-16-18-19-17-13)10-20(4)14(21)15(2,3)12-8-6-5-7-9-12/h5-9,11H,10H2,1-4H3,(H,16,17,18,19). The van der Waals surface area contributed by atoms with Gasteiger partial charge in [-0.2, -0.15) is 5.21 Å². The Morgan fingerprint density at radius 2 is 2.00 bits per heavy atom. The number of carbonyl (C=O) groups excluding carboxylic acids is 1. The molecule has 0 bridgehead atoms. The Morgan fingerprint density at radius 1 is 1.33 bits per heavy atom. The molecule has 0 spiro atoms. The lowest BCUT2D eigenvalue weighted by Gasteiger charge is -2.30. The molecule has 0 saturated carbocycles. The number of aromatic amines is 1. The number of tetrazole rings is 1. The van der Waals surface area contributed by atoms with Gasteiger partial charge in [0.05, 0.1) is 5.41 Å². The zero-order valence-corrected chi connectivity index (χ0v) is 12.9. The van der Waals surface area contributed by atoms with E-state index < -0.39 is 5.41 Å². The molecule has 1 amide bonds. The molecule has 1 N–H and O–H groups in total. The minimum absolute atomic E-state index is 0.0317. The van der Waals surface area contributed by atoms with E-state index in [-0.39, 0.29) is 11.8 Å². The molecule has 1 unspecified atom stereocenters. The normalized spacial score (nSPS) is 13.0. The van der Waals surface area contributed by atoms with Crippen molar-refractivity contribution in [2.24, 2.45) is 0 Å². The highest BCUT2D eigenvalue weighted by Gasteiger charge is 2.33. The SMILES string of the molecule is CC(CN(C)C(=O)C(C)(C)c1ccccc1)c1nn[nH]n1. The molecule has 6 heteroatoms. The van der Waals surface area contributed by atoms with Gasteiger partial charge >= 0.3 is 0 Å². The maximum atomic E-state index is 12.7. The number of rotatable bonds is 5. The average Bonchev–Trinajstić information content (AvgIpc) is 3.01. The number of likely N-dealkylation sites (N-methyl/N-ethyl adjacent to an activating group) is 1. The number of H-pyrrole nitrogens is 1. The number of hydrogen-bond donors (Lipinski definition) is 1. The summed E-state index contributed by atoms with van der Waals surface area (Å²) in [4.78, 5) is 14.5. The number of benzene rings is 1. The third-order valence-corrected chi connectivity index (χ3v) is 3.73. The van der Waals surface area contributed by atoms with Gasteiger partial charge in [-0.25, -0.2) is 0 Å². The lowest BCUT2D eigenvalue weighted by molar-refractivity contribution is -0.135. The van der Waals surface area contributed by atoms with Crippen molar-refractivity contribution in [3.63, 3.8) is 0 Å². The Morgan fingerprint density at radius 3 is 2.57 bits per heavy atom. The maximum absolute atomic E-state index is 12.7. The van der Waals surface area contributed by atoms with Crippen LogP contribution in [-0.4, -0.2) is 45.0 Å². The summed E-state index contributed by atoms with van der Waals surface area (Å²) in [5.41, 5.74) is 0.446. The van der Waals surface area contributed by atoms with Gasteiger partial charge in [0.1, 0.15) is 0 Å². The molecule has 112 valence electrons. The topological polar surface area (TPSA) is 74.8 Å². The fourth-order valence-electron chi connectivity index (χ4n) is 2.41. The van der Waals surface area contributed by atoms with E-state index in [1.54, 1.807) is 4.90 Å². The summed E-state index contributed by atoms with van der Waals surface area (Å²) in [5.74, 6) is 0.723. The quantitative estimate of drug-likeness (QED) is 0.909. The Kier molecular flexibility index (Phi) is 4.35. The number of nitrogens with one attached hydrogen (secondary N) is 1. The molecule has 0 aliphatic rings. The molecule has 0 aliphatic carbocycles. The van der Waals surface area contributed by atoms with Gasteiger partial charge in [0.2, 0.25) is 5.91 Å². The summed E-state index contributed by atoms with van der Waals surface area (Å²) in [7, 11) is 1.81. The Balaban J connectivity index is 2.08. The minimum atomic E-state index is -0.563. The minimum Gasteiger partial charge on any atom is -0.344 e. The fraction of sp³-hybridized carbons (Fsp3) is 0.467. The van der Waals surface area contributed by atoms with Gasteiger partial charge in [-0.3, -0.25) is 4.79 Å². The van der Waals surface area contributed by atoms with Gasteiger partial charge < -0.3 is 4.90 Å². The number of amides is 1. The molecule has 0 radical (unpaired) electrons. The maximum Gasteiger partial charge on any atom is 0.232 e. The monoisotopic (exact) mass is 287 g/mol. The highest BCUT2D eigenvalue weighted by atomic mass is 16.2. The second-order valence-electron chi connectivity index (χ2n) is 5.85. The van der Waals surface area contributed by atoms with E-state index in [0.29, 0.717) is 12.4 Å². The van der Waals surface area contributed by atoms with E-state index in [2.05, 4.69) is 20.6 Å². The fourth-order valence-corrected chi connectivity index (χ4v) is 2.41. The molecule has 2 rings (SSSR count). The summed E-state index contributed by atoms with van der Waals surface area (Å²) in [6.07, 6.45) is 0. The van der Waals surface area contributed by atoms with Gasteiger partial charge in [0.25, 0.3) is 0 Å². The van der Waals surface area contributed by atoms with Crippen LogP contribution >= 0.6 is 0 Å². The summed E-state index contributed by atoms with van der Waals surface area (Å²) in [6, 6.07) is 9.81. The second-order valence-corrected chi connectivity index (χ2v) is 5.85. The Labute approximate surface area is 124 Å². The molecule has 0 saturated heterocycles. The molecule has 2 aromatic rings. The number of carbonyl (C=O) groups is 1. The first kappa shape index (κ1) is 15.2. The molecule has 21 heavy (non-hydrogen) atoms. The van der Waals surface area contributed by atoms with Crippen LogP contribution in [0.4, 0.5) is 0 Å². The number of hydrogen-bond acceptors (Lipinski definition) is 4. The van der Waals surface area contributed by atoms with Crippen molar-refractivity contribution in [1.82, 2.24) is 25.5 Å². The van der Waals surface area contributed by atoms with Crippen LogP contribution in [0.25, 0.3) is 0 Å². The van der Waals surface area contributed by atoms with Crippen molar-refractivity contribution in [3.8, 4) is 0 Å². The molecular weight excluding hydrogens is 266 g/mol. The Hall–Kier alpha value is -2.24. The van der Waals surface area contributed by atoms with Crippen molar-refractivity contribution in [3.05, 3.63) is 41.7 Å². The van der Waals surface area contributed by atoms with Crippen LogP contribution in [0.15, 0.2) is 30.3 Å². The van der Waals surface area contributed by atoms with E-state index in [0.717, 1.165) is 5.56 Å². The zero-order valence-electron chi connectivity index (χ0n) is 12.9. The molecule has 1 aromatic carbocycles. The summed E-state index contributed by atoms with van der Waals surface area (Å²) in [5, 5.41) is 13.9. The molecule has 1 aromatic heterocycles. The first-order valence-electron chi connectivity index (χ1n) is 6.97. The van der Waals surface area contributed by atoms with E-state index in [4.69, 9.17) is 0 Å². The van der Waals surface area contributed by atoms with Crippen LogP contribution in [0, 0.1) is 0 Å². The van der Waals surface area contributed by atoms with Gasteiger partial charge in [-0.05, 0) is 19.4 Å². The van der Waals surface area contributed by atoms with Crippen molar-refractivity contribution >= 4 is 5.91 Å². The predicted molar refractivity (Wildman–Crippen MR) is 79.7 cm³/mol. The lowest BCUT2D eigenvalue weighted by Crippen LogP contribution is -2.42. The molecule has 6 nitrogen and oxygen atoms in total. The van der Waals surface area contributed by atoms with Crippen LogP contribution in [0.2, 0.25) is 0 Å². The Bertz CT molecular complexity index is 579. The van der Waals surface area contributed by atoms with E-state index >= 15 is 0 Å². The predicted octanol–water partition coefficient (Wildman–Crippen LogP) is 1.74. The first-order chi connectivity index (χ1) is 9.93. The zero-order chi connectivity index (χ0) is 15.5. The van der Waals surface area contributed by atoms with Crippen molar-refractivity contribution in [1.29, 1.82) is 0 Å². The lowest BCUT2D eigenvalue weighted by atomic mass is 9.83. The van der Waals surface area contributed by atoms with Crippen LogP contribution in [0.5, 0.6) is 0 Å². The van der Waals surface area contributed by atoms with Gasteiger partial charge in [0, 0.05) is 19.5 Å². The molecule has 1 atom stereocenters. The second kappa shape index (κ2) is 6.03. The van der Waals surface area contributed by atoms with Gasteiger partial charge in [-0.15, -0.1) is 10.2 Å². The first-order valence-corrected chi connectivity index (χ1v) is 6.97. The number of aromatic nitrogens is 4. The van der Waals surface area contributed by atoms with Crippen LogP contribution in [-0.2, 0) is 10.2 Å². The largest absolute Gasteiger partial charge is 0.344 e. The summed E-state index contributed by atoms with van der Waals surface area (Å²) >= 11 is 0. The molecule has 1 heterocycles. The third kappa shape index (κ3) is 3.26. The van der Waals surface area contributed by atoms with Crippen molar-refractivity contribution in [2.45, 2.75) is 32.1 Å². The van der Waals surface area contributed by atoms with E-state index in [9.17, 15) is 4.79 Å². The smallest absolute Gasteiger partial charge is 0.232 e. The highest BCUT2D eigenvalue weighted by molar-refractivity contribution is 5.87. The van der Waals surface area contributed by atoms with Crippen LogP contribution in [0.3, 0.4) is 0 Å². The van der Waals surface area contributed by atoms with Crippen LogP contribution in [0.1, 0.15) is 38.1 Å². The third-order valence-electron chi connectivity index (χ3n) is 3.73. The molecular formula is C15H21N5O. The van der Waals surface area contributed by atoms with Gasteiger partial charge in [0.15, 0.2) is 5.82 Å². The van der Waals surface area contributed by atoms with Crippen LogP contribution < -0.4 is 0 Å². The summed E-state index contributed by atoms with van der Waals surface area (Å²) in [6.45, 7) is 6.42. The molecule has 0 aliphatic heterocycles. The summed E-state index contributed by atoms with van der Waals surface area (Å²) < 4.78 is 0. The van der Waals surface area contributed by atoms with E-state index in [1.807, 2.05) is 58.2 Å². The average molecular weight is 287 g/mol. The number of nitrogens with zero attached hydrogens (tertiary/aromatic N) is 4. The molecule has 0 fully saturated rings. The van der Waals surface area contributed by atoms with Gasteiger partial charge in [-0.1, -0.05) is 42.5 Å².